The first-order valence-corrected chi connectivity index (χ1v) is 8.96. The highest BCUT2D eigenvalue weighted by molar-refractivity contribution is 5.22. The van der Waals surface area contributed by atoms with Crippen molar-refractivity contribution in [2.45, 2.75) is 55.5 Å². The van der Waals surface area contributed by atoms with Crippen LogP contribution in [0.1, 0.15) is 13.8 Å². The monoisotopic (exact) mass is 406 g/mol. The molecular formula is C15H26N4O9. The SMILES string of the molecule is CC1(C)C2([N+](=O)[O-])CN3CC1([N+](=O)[O-])CN(C2)C3C(O)C(O)C(O)C(O)CO. The van der Waals surface area contributed by atoms with Gasteiger partial charge in [0.05, 0.1) is 39.0 Å². The van der Waals surface area contributed by atoms with E-state index in [1.807, 2.05) is 0 Å². The molecule has 0 aromatic heterocycles. The molecule has 28 heavy (non-hydrogen) atoms. The van der Waals surface area contributed by atoms with E-state index < -0.39 is 63.5 Å². The zero-order chi connectivity index (χ0) is 21.2. The number of nitrogens with zero attached hydrogens (tertiary/aromatic N) is 4. The number of nitro groups is 2. The van der Waals surface area contributed by atoms with Gasteiger partial charge in [-0.2, -0.15) is 0 Å². The molecule has 0 radical (unpaired) electrons. The minimum absolute atomic E-state index is 0.161. The summed E-state index contributed by atoms with van der Waals surface area (Å²) < 4.78 is 0. The molecule has 4 unspecified atom stereocenters. The van der Waals surface area contributed by atoms with Gasteiger partial charge in [-0.3, -0.25) is 30.0 Å². The molecule has 4 rings (SSSR count). The summed E-state index contributed by atoms with van der Waals surface area (Å²) in [7, 11) is 0. The maximum absolute atomic E-state index is 12.0. The van der Waals surface area contributed by atoms with E-state index in [-0.39, 0.29) is 26.2 Å². The lowest BCUT2D eigenvalue weighted by molar-refractivity contribution is -0.679. The van der Waals surface area contributed by atoms with Crippen LogP contribution in [0.4, 0.5) is 0 Å². The molecular weight excluding hydrogens is 380 g/mol. The molecule has 4 atom stereocenters. The van der Waals surface area contributed by atoms with Crippen LogP contribution in [0.25, 0.3) is 0 Å². The fraction of sp³-hybridized carbons (Fsp3) is 1.00. The van der Waals surface area contributed by atoms with Gasteiger partial charge in [0.15, 0.2) is 0 Å². The van der Waals surface area contributed by atoms with Gasteiger partial charge in [0.2, 0.25) is 0 Å². The molecule has 0 aliphatic carbocycles. The van der Waals surface area contributed by atoms with Crippen molar-refractivity contribution < 1.29 is 35.4 Å². The summed E-state index contributed by atoms with van der Waals surface area (Å²) >= 11 is 0. The highest BCUT2D eigenvalue weighted by atomic mass is 16.6. The van der Waals surface area contributed by atoms with Gasteiger partial charge in [-0.25, -0.2) is 0 Å². The van der Waals surface area contributed by atoms with Gasteiger partial charge < -0.3 is 25.5 Å². The zero-order valence-corrected chi connectivity index (χ0v) is 15.6. The van der Waals surface area contributed by atoms with Crippen molar-refractivity contribution >= 4 is 0 Å². The molecule has 0 spiro atoms. The Balaban J connectivity index is 1.97. The quantitative estimate of drug-likeness (QED) is 0.207. The summed E-state index contributed by atoms with van der Waals surface area (Å²) in [6.45, 7) is 1.57. The van der Waals surface area contributed by atoms with Crippen molar-refractivity contribution in [3.05, 3.63) is 20.2 Å². The highest BCUT2D eigenvalue weighted by Crippen LogP contribution is 2.56. The van der Waals surface area contributed by atoms with Crippen molar-refractivity contribution in [3.63, 3.8) is 0 Å². The van der Waals surface area contributed by atoms with Crippen LogP contribution in [0.2, 0.25) is 0 Å². The summed E-state index contributed by atoms with van der Waals surface area (Å²) in [5.74, 6) is 0. The van der Waals surface area contributed by atoms with Crippen molar-refractivity contribution in [2.75, 3.05) is 32.8 Å². The van der Waals surface area contributed by atoms with E-state index in [0.717, 1.165) is 0 Å². The van der Waals surface area contributed by atoms with Gasteiger partial charge >= 0.3 is 0 Å². The Bertz CT molecular complexity index is 622. The third-order valence-electron chi connectivity index (χ3n) is 7.22. The molecule has 4 aliphatic heterocycles. The van der Waals surface area contributed by atoms with Crippen LogP contribution in [0.15, 0.2) is 0 Å². The van der Waals surface area contributed by atoms with Crippen molar-refractivity contribution in [1.29, 1.82) is 0 Å². The topological polar surface area (TPSA) is 194 Å². The molecule has 13 nitrogen and oxygen atoms in total. The first-order chi connectivity index (χ1) is 12.9. The second kappa shape index (κ2) is 6.52. The predicted molar refractivity (Wildman–Crippen MR) is 91.3 cm³/mol. The molecule has 4 aliphatic rings. The normalized spacial score (nSPS) is 42.6. The van der Waals surface area contributed by atoms with Crippen LogP contribution in [0.3, 0.4) is 0 Å². The highest BCUT2D eigenvalue weighted by Gasteiger charge is 2.82. The van der Waals surface area contributed by atoms with E-state index in [1.165, 1.54) is 23.6 Å². The molecule has 0 saturated carbocycles. The van der Waals surface area contributed by atoms with Crippen LogP contribution in [-0.4, -0.2) is 120 Å². The minimum Gasteiger partial charge on any atom is -0.394 e. The van der Waals surface area contributed by atoms with Gasteiger partial charge in [-0.1, -0.05) is 0 Å². The van der Waals surface area contributed by atoms with E-state index in [0.29, 0.717) is 0 Å². The van der Waals surface area contributed by atoms with Crippen LogP contribution >= 0.6 is 0 Å². The van der Waals surface area contributed by atoms with E-state index in [9.17, 15) is 40.7 Å². The Kier molecular flexibility index (Phi) is 4.94. The van der Waals surface area contributed by atoms with Gasteiger partial charge in [0.1, 0.15) is 29.8 Å². The minimum atomic E-state index is -1.87. The molecule has 0 aromatic rings. The Morgan fingerprint density at radius 1 is 0.929 bits per heavy atom. The van der Waals surface area contributed by atoms with E-state index in [4.69, 9.17) is 5.11 Å². The summed E-state index contributed by atoms with van der Waals surface area (Å²) in [5, 5.41) is 73.2. The zero-order valence-electron chi connectivity index (χ0n) is 15.6. The first-order valence-electron chi connectivity index (χ1n) is 8.96. The van der Waals surface area contributed by atoms with Gasteiger partial charge in [0, 0.05) is 9.85 Å². The Morgan fingerprint density at radius 3 is 1.64 bits per heavy atom. The average Bonchev–Trinajstić information content (AvgIpc) is 2.62. The Hall–Kier alpha value is -1.48. The van der Waals surface area contributed by atoms with E-state index in [1.54, 1.807) is 0 Å². The first kappa shape index (κ1) is 21.2. The van der Waals surface area contributed by atoms with Crippen LogP contribution in [0, 0.1) is 25.6 Å². The van der Waals surface area contributed by atoms with E-state index in [2.05, 4.69) is 0 Å². The summed E-state index contributed by atoms with van der Waals surface area (Å²) in [6.07, 6.45) is -8.10. The van der Waals surface area contributed by atoms with Crippen molar-refractivity contribution in [2.24, 2.45) is 5.41 Å². The third-order valence-corrected chi connectivity index (χ3v) is 7.22. The molecule has 4 saturated heterocycles. The lowest BCUT2D eigenvalue weighted by Gasteiger charge is -2.66. The van der Waals surface area contributed by atoms with Crippen molar-refractivity contribution in [1.82, 2.24) is 9.80 Å². The average molecular weight is 406 g/mol. The molecule has 13 heteroatoms. The number of hydrogen-bond donors (Lipinski definition) is 5. The van der Waals surface area contributed by atoms with Crippen molar-refractivity contribution in [3.8, 4) is 0 Å². The molecule has 160 valence electrons. The number of aliphatic hydroxyl groups excluding tert-OH is 5. The lowest BCUT2D eigenvalue weighted by atomic mass is 9.53. The molecule has 4 heterocycles. The maximum Gasteiger partial charge on any atom is 0.259 e. The third kappa shape index (κ3) is 2.44. The largest absolute Gasteiger partial charge is 0.394 e. The molecule has 4 fully saturated rings. The molecule has 4 bridgehead atoms. The number of aliphatic hydroxyl groups is 5. The lowest BCUT2D eigenvalue weighted by Crippen LogP contribution is -2.91. The standard InChI is InChI=1S/C15H26N4O9/c1-13(2)14(18(25)26)4-16-6-15(13,19(27)28)7-17(5-14)12(16)11(24)10(23)9(22)8(21)3-20/h8-12,20-24H,3-7H2,1-2H3. The summed E-state index contributed by atoms with van der Waals surface area (Å²) in [6, 6.07) is 0. The Morgan fingerprint density at radius 2 is 1.32 bits per heavy atom. The van der Waals surface area contributed by atoms with E-state index >= 15 is 0 Å². The molecule has 5 N–H and O–H groups in total. The fourth-order valence-corrected chi connectivity index (χ4v) is 5.22. The van der Waals surface area contributed by atoms with Gasteiger partial charge in [0.25, 0.3) is 11.1 Å². The summed E-state index contributed by atoms with van der Waals surface area (Å²) in [4.78, 5) is 25.8. The maximum atomic E-state index is 12.0. The smallest absolute Gasteiger partial charge is 0.259 e. The predicted octanol–water partition coefficient (Wildman–Crippen LogP) is -3.55. The van der Waals surface area contributed by atoms with Gasteiger partial charge in [-0.05, 0) is 13.8 Å². The van der Waals surface area contributed by atoms with Crippen LogP contribution < -0.4 is 0 Å². The Labute approximate surface area is 160 Å². The van der Waals surface area contributed by atoms with Crippen LogP contribution in [0.5, 0.6) is 0 Å². The van der Waals surface area contributed by atoms with Gasteiger partial charge in [-0.15, -0.1) is 0 Å². The fourth-order valence-electron chi connectivity index (χ4n) is 5.22. The number of hydrogen-bond acceptors (Lipinski definition) is 11. The number of rotatable bonds is 7. The molecule has 0 amide bonds. The number of piperidine rings is 2. The second-order valence-corrected chi connectivity index (χ2v) is 8.65. The summed E-state index contributed by atoms with van der Waals surface area (Å²) in [5.41, 5.74) is -4.54. The molecule has 0 aromatic carbocycles. The second-order valence-electron chi connectivity index (χ2n) is 8.65. The van der Waals surface area contributed by atoms with Crippen LogP contribution in [-0.2, 0) is 0 Å².